The number of nitrogens with one attached hydrogen (secondary N) is 1. The molecule has 1 N–H and O–H groups in total. The minimum absolute atomic E-state index is 0.211. The second-order valence-electron chi connectivity index (χ2n) is 8.83. The van der Waals surface area contributed by atoms with Crippen LogP contribution in [0.15, 0.2) is 103 Å². The summed E-state index contributed by atoms with van der Waals surface area (Å²) in [6.45, 7) is 0.656. The van der Waals surface area contributed by atoms with E-state index in [9.17, 15) is 14.4 Å². The number of ether oxygens (including phenoxy) is 2. The van der Waals surface area contributed by atoms with Gasteiger partial charge in [-0.05, 0) is 71.3 Å². The van der Waals surface area contributed by atoms with Crippen LogP contribution in [0.1, 0.15) is 16.7 Å². The zero-order chi connectivity index (χ0) is 28.1. The Labute approximate surface area is 240 Å². The third-order valence-electron chi connectivity index (χ3n) is 6.02. The number of rotatable bonds is 8. The molecule has 1 aliphatic rings. The maximum absolute atomic E-state index is 13.3. The summed E-state index contributed by atoms with van der Waals surface area (Å²) in [7, 11) is 0. The number of urea groups is 1. The Hall–Kier alpha value is -4.59. The maximum atomic E-state index is 13.3. The van der Waals surface area contributed by atoms with E-state index in [0.717, 1.165) is 16.0 Å². The molecule has 0 atom stereocenters. The van der Waals surface area contributed by atoms with Gasteiger partial charge in [-0.2, -0.15) is 0 Å². The van der Waals surface area contributed by atoms with Crippen LogP contribution >= 0.6 is 23.2 Å². The molecule has 0 unspecified atom stereocenters. The molecule has 0 spiro atoms. The van der Waals surface area contributed by atoms with Crippen LogP contribution in [0.25, 0.3) is 6.08 Å². The molecule has 4 aromatic rings. The van der Waals surface area contributed by atoms with Crippen LogP contribution in [-0.2, 0) is 22.8 Å². The number of barbiturate groups is 1. The summed E-state index contributed by atoms with van der Waals surface area (Å²) in [6, 6.07) is 27.4. The minimum atomic E-state index is -0.843. The van der Waals surface area contributed by atoms with Crippen LogP contribution in [0.2, 0.25) is 10.0 Å². The Morgan fingerprint density at radius 1 is 0.750 bits per heavy atom. The van der Waals surface area contributed by atoms with Crippen molar-refractivity contribution < 1.29 is 23.9 Å². The smallest absolute Gasteiger partial charge is 0.335 e. The summed E-state index contributed by atoms with van der Waals surface area (Å²) in [4.78, 5) is 39.3. The molecule has 4 amide bonds. The van der Waals surface area contributed by atoms with Crippen LogP contribution in [0.3, 0.4) is 0 Å². The monoisotopic (exact) mass is 572 g/mol. The van der Waals surface area contributed by atoms with Crippen LogP contribution in [0.4, 0.5) is 10.5 Å². The van der Waals surface area contributed by atoms with Crippen molar-refractivity contribution in [2.24, 2.45) is 0 Å². The van der Waals surface area contributed by atoms with Crippen molar-refractivity contribution in [2.75, 3.05) is 4.90 Å². The van der Waals surface area contributed by atoms with Crippen molar-refractivity contribution in [2.45, 2.75) is 13.2 Å². The molecule has 1 aliphatic heterocycles. The van der Waals surface area contributed by atoms with E-state index in [1.165, 1.54) is 6.08 Å². The second-order valence-corrected chi connectivity index (χ2v) is 9.67. The van der Waals surface area contributed by atoms with Gasteiger partial charge >= 0.3 is 6.03 Å². The number of amides is 4. The fourth-order valence-electron chi connectivity index (χ4n) is 3.96. The largest absolute Gasteiger partial charge is 0.489 e. The lowest BCUT2D eigenvalue weighted by atomic mass is 10.1. The third kappa shape index (κ3) is 6.34. The lowest BCUT2D eigenvalue weighted by molar-refractivity contribution is -0.122. The van der Waals surface area contributed by atoms with Crippen molar-refractivity contribution in [3.63, 3.8) is 0 Å². The number of carbonyl (C=O) groups is 3. The van der Waals surface area contributed by atoms with Crippen molar-refractivity contribution >= 4 is 52.8 Å². The fourth-order valence-corrected chi connectivity index (χ4v) is 4.33. The van der Waals surface area contributed by atoms with Gasteiger partial charge in [0.05, 0.1) is 10.7 Å². The minimum Gasteiger partial charge on any atom is -0.489 e. The van der Waals surface area contributed by atoms with E-state index in [4.69, 9.17) is 32.7 Å². The number of carbonyl (C=O) groups excluding carboxylic acids is 3. The van der Waals surface area contributed by atoms with Crippen LogP contribution in [0, 0.1) is 0 Å². The first kappa shape index (κ1) is 27.0. The first-order chi connectivity index (χ1) is 19.4. The number of imide groups is 2. The Morgan fingerprint density at radius 3 is 2.12 bits per heavy atom. The summed E-state index contributed by atoms with van der Waals surface area (Å²) in [6.07, 6.45) is 1.38. The van der Waals surface area contributed by atoms with Gasteiger partial charge in [-0.25, -0.2) is 9.69 Å². The zero-order valence-corrected chi connectivity index (χ0v) is 22.5. The van der Waals surface area contributed by atoms with Gasteiger partial charge in [0.15, 0.2) is 0 Å². The molecule has 9 heteroatoms. The van der Waals surface area contributed by atoms with Gasteiger partial charge in [-0.3, -0.25) is 14.9 Å². The summed E-state index contributed by atoms with van der Waals surface area (Å²) < 4.78 is 11.6. The highest BCUT2D eigenvalue weighted by molar-refractivity contribution is 6.39. The van der Waals surface area contributed by atoms with Crippen molar-refractivity contribution in [3.05, 3.63) is 129 Å². The van der Waals surface area contributed by atoms with E-state index in [1.54, 1.807) is 54.6 Å². The first-order valence-corrected chi connectivity index (χ1v) is 13.0. The lowest BCUT2D eigenvalue weighted by Gasteiger charge is -2.26. The van der Waals surface area contributed by atoms with Crippen molar-refractivity contribution in [3.8, 4) is 11.5 Å². The van der Waals surface area contributed by atoms with E-state index in [2.05, 4.69) is 5.32 Å². The van der Waals surface area contributed by atoms with Gasteiger partial charge in [0.1, 0.15) is 30.3 Å². The predicted molar refractivity (Wildman–Crippen MR) is 153 cm³/mol. The number of hydrogen-bond acceptors (Lipinski definition) is 5. The van der Waals surface area contributed by atoms with E-state index in [1.807, 2.05) is 42.5 Å². The standard InChI is InChI=1S/C31H22Cl2N2O5/c32-23-9-6-21(7-10-23)18-39-25-13-11-24(12-14-25)35-30(37)26(29(36)34-31(35)38)16-22-8-15-28(27(33)17-22)40-19-20-4-2-1-3-5-20/h1-17H,18-19H2,(H,34,36,38)/b26-16+. The lowest BCUT2D eigenvalue weighted by Crippen LogP contribution is -2.54. The molecular weight excluding hydrogens is 551 g/mol. The Balaban J connectivity index is 1.29. The van der Waals surface area contributed by atoms with E-state index < -0.39 is 17.8 Å². The zero-order valence-electron chi connectivity index (χ0n) is 21.0. The first-order valence-electron chi connectivity index (χ1n) is 12.2. The third-order valence-corrected chi connectivity index (χ3v) is 6.57. The summed E-state index contributed by atoms with van der Waals surface area (Å²) in [5.41, 5.74) is 2.48. The molecule has 1 heterocycles. The molecule has 0 radical (unpaired) electrons. The molecule has 1 fully saturated rings. The van der Waals surface area contributed by atoms with Gasteiger partial charge in [0.2, 0.25) is 0 Å². The highest BCUT2D eigenvalue weighted by Crippen LogP contribution is 2.29. The molecule has 4 aromatic carbocycles. The Kier molecular flexibility index (Phi) is 8.15. The number of hydrogen-bond donors (Lipinski definition) is 1. The van der Waals surface area contributed by atoms with Crippen molar-refractivity contribution in [1.82, 2.24) is 5.32 Å². The summed E-state index contributed by atoms with van der Waals surface area (Å²) in [5.74, 6) is -0.555. The maximum Gasteiger partial charge on any atom is 0.335 e. The average Bonchev–Trinajstić information content (AvgIpc) is 2.95. The van der Waals surface area contributed by atoms with Crippen molar-refractivity contribution in [1.29, 1.82) is 0 Å². The molecule has 40 heavy (non-hydrogen) atoms. The van der Waals surface area contributed by atoms with Gasteiger partial charge in [0.25, 0.3) is 11.8 Å². The molecular formula is C31H22Cl2N2O5. The molecule has 0 aliphatic carbocycles. The Bertz CT molecular complexity index is 1590. The summed E-state index contributed by atoms with van der Waals surface area (Å²) in [5, 5.41) is 3.17. The van der Waals surface area contributed by atoms with Gasteiger partial charge in [-0.15, -0.1) is 0 Å². The number of benzene rings is 4. The van der Waals surface area contributed by atoms with Crippen LogP contribution in [-0.4, -0.2) is 17.8 Å². The second kappa shape index (κ2) is 12.1. The van der Waals surface area contributed by atoms with E-state index in [0.29, 0.717) is 40.3 Å². The molecule has 0 saturated carbocycles. The molecule has 1 saturated heterocycles. The predicted octanol–water partition coefficient (Wildman–Crippen LogP) is 6.82. The quantitative estimate of drug-likeness (QED) is 0.185. The number of halogens is 2. The molecule has 200 valence electrons. The number of nitrogens with zero attached hydrogens (tertiary/aromatic N) is 1. The van der Waals surface area contributed by atoms with Gasteiger partial charge < -0.3 is 9.47 Å². The van der Waals surface area contributed by atoms with Gasteiger partial charge in [-0.1, -0.05) is 71.7 Å². The highest BCUT2D eigenvalue weighted by Gasteiger charge is 2.36. The molecule has 0 aromatic heterocycles. The van der Waals surface area contributed by atoms with Crippen LogP contribution in [0.5, 0.6) is 11.5 Å². The molecule has 7 nitrogen and oxygen atoms in total. The van der Waals surface area contributed by atoms with Gasteiger partial charge in [0, 0.05) is 5.02 Å². The topological polar surface area (TPSA) is 84.9 Å². The average molecular weight is 573 g/mol. The van der Waals surface area contributed by atoms with E-state index >= 15 is 0 Å². The normalized spacial score (nSPS) is 14.3. The molecule has 0 bridgehead atoms. The summed E-state index contributed by atoms with van der Waals surface area (Å²) >= 11 is 12.3. The SMILES string of the molecule is O=C1NC(=O)N(c2ccc(OCc3ccc(Cl)cc3)cc2)C(=O)/C1=C/c1ccc(OCc2ccccc2)c(Cl)c1. The molecule has 5 rings (SSSR count). The fraction of sp³-hybridized carbons (Fsp3) is 0.0645. The Morgan fingerprint density at radius 2 is 1.43 bits per heavy atom. The number of anilines is 1. The van der Waals surface area contributed by atoms with E-state index in [-0.39, 0.29) is 11.3 Å². The highest BCUT2D eigenvalue weighted by atomic mass is 35.5. The van der Waals surface area contributed by atoms with Crippen LogP contribution < -0.4 is 19.7 Å².